The van der Waals surface area contributed by atoms with Crippen molar-refractivity contribution in [2.45, 2.75) is 81.8 Å². The largest absolute Gasteiger partial charge is 0.387 e. The molecule has 0 bridgehead atoms. The lowest BCUT2D eigenvalue weighted by molar-refractivity contribution is -0.216. The van der Waals surface area contributed by atoms with E-state index in [1.807, 2.05) is 6.07 Å². The Morgan fingerprint density at radius 3 is 2.73 bits per heavy atom. The maximum Gasteiger partial charge on any atom is 0.237 e. The minimum Gasteiger partial charge on any atom is -0.387 e. The molecule has 0 unspecified atom stereocenters. The van der Waals surface area contributed by atoms with Gasteiger partial charge in [0.15, 0.2) is 12.1 Å². The molecule has 0 aromatic heterocycles. The highest BCUT2D eigenvalue weighted by Crippen LogP contribution is 2.37. The van der Waals surface area contributed by atoms with E-state index in [1.54, 1.807) is 13.8 Å². The predicted octanol–water partition coefficient (Wildman–Crippen LogP) is -0.260. The van der Waals surface area contributed by atoms with Crippen molar-refractivity contribution in [1.82, 2.24) is 15.1 Å². The highest BCUT2D eigenvalue weighted by atomic mass is 19.1. The van der Waals surface area contributed by atoms with Crippen LogP contribution in [0.25, 0.3) is 0 Å². The molecule has 4 aliphatic heterocycles. The Bertz CT molecular complexity index is 681. The normalized spacial score (nSPS) is 39.2. The van der Waals surface area contributed by atoms with Gasteiger partial charge in [0, 0.05) is 19.0 Å². The number of hydrogen-bond donors (Lipinski definition) is 2. The second-order valence-electron chi connectivity index (χ2n) is 9.11. The van der Waals surface area contributed by atoms with E-state index < -0.39 is 36.5 Å². The van der Waals surface area contributed by atoms with Gasteiger partial charge in [-0.15, -0.1) is 0 Å². The summed E-state index contributed by atoms with van der Waals surface area (Å²) >= 11 is 0. The van der Waals surface area contributed by atoms with Crippen LogP contribution in [0.2, 0.25) is 0 Å². The summed E-state index contributed by atoms with van der Waals surface area (Å²) in [6.07, 6.45) is -1.36. The SMILES string of the molecule is CC1(C)O[C@H]2O[C@H](CN3CCC(NCC(=O)N4C[C@@H](F)C[C@H]4C#N)CC3)[C@H](O)[C@H]2O1. The second-order valence-corrected chi connectivity index (χ2v) is 9.11. The van der Waals surface area contributed by atoms with Crippen LogP contribution in [0, 0.1) is 11.3 Å². The number of carbonyl (C=O) groups excluding carboxylic acids is 1. The maximum absolute atomic E-state index is 13.5. The van der Waals surface area contributed by atoms with E-state index in [0.29, 0.717) is 6.54 Å². The number of ether oxygens (including phenoxy) is 3. The average molecular weight is 426 g/mol. The van der Waals surface area contributed by atoms with E-state index >= 15 is 0 Å². The number of aliphatic hydroxyl groups is 1. The molecule has 2 N–H and O–H groups in total. The monoisotopic (exact) mass is 426 g/mol. The molecule has 9 nitrogen and oxygen atoms in total. The van der Waals surface area contributed by atoms with Crippen molar-refractivity contribution in [3.63, 3.8) is 0 Å². The predicted molar refractivity (Wildman–Crippen MR) is 103 cm³/mol. The summed E-state index contributed by atoms with van der Waals surface area (Å²) in [6, 6.07) is 1.54. The van der Waals surface area contributed by atoms with Crippen molar-refractivity contribution >= 4 is 5.91 Å². The van der Waals surface area contributed by atoms with Crippen LogP contribution >= 0.6 is 0 Å². The standard InChI is InChI=1S/C20H31FN4O5/c1-20(2)29-18-17(27)15(28-19(18)30-20)11-24-5-3-13(4-6-24)23-9-16(26)25-10-12(21)7-14(25)8-22/h12-15,17-19,23,27H,3-7,9-11H2,1-2H3/t12-,14-,15+,17-,18+,19+/m0/s1. The van der Waals surface area contributed by atoms with Gasteiger partial charge in [-0.25, -0.2) is 4.39 Å². The highest BCUT2D eigenvalue weighted by Gasteiger charge is 2.54. The molecule has 1 amide bonds. The summed E-state index contributed by atoms with van der Waals surface area (Å²) in [5.74, 6) is -0.961. The smallest absolute Gasteiger partial charge is 0.237 e. The molecule has 4 heterocycles. The molecule has 0 aliphatic carbocycles. The Morgan fingerprint density at radius 1 is 1.33 bits per heavy atom. The zero-order valence-corrected chi connectivity index (χ0v) is 17.5. The topological polar surface area (TPSA) is 107 Å². The molecule has 0 aromatic carbocycles. The Morgan fingerprint density at radius 2 is 2.07 bits per heavy atom. The van der Waals surface area contributed by atoms with E-state index in [4.69, 9.17) is 19.5 Å². The highest BCUT2D eigenvalue weighted by molar-refractivity contribution is 5.79. The molecule has 10 heteroatoms. The summed E-state index contributed by atoms with van der Waals surface area (Å²) in [5.41, 5.74) is 0. The van der Waals surface area contributed by atoms with Gasteiger partial charge in [0.25, 0.3) is 0 Å². The van der Waals surface area contributed by atoms with Crippen LogP contribution in [-0.4, -0.2) is 102 Å². The molecule has 0 saturated carbocycles. The van der Waals surface area contributed by atoms with Crippen LogP contribution in [0.1, 0.15) is 33.1 Å². The quantitative estimate of drug-likeness (QED) is 0.619. The molecule has 0 aromatic rings. The number of halogens is 1. The minimum atomic E-state index is -1.11. The Balaban J connectivity index is 1.17. The van der Waals surface area contributed by atoms with Crippen LogP contribution in [0.3, 0.4) is 0 Å². The van der Waals surface area contributed by atoms with Gasteiger partial charge in [0.1, 0.15) is 30.5 Å². The number of likely N-dealkylation sites (tertiary alicyclic amines) is 2. The molecular weight excluding hydrogens is 395 g/mol. The molecule has 6 atom stereocenters. The third-order valence-electron chi connectivity index (χ3n) is 6.40. The van der Waals surface area contributed by atoms with Crippen LogP contribution in [0.5, 0.6) is 0 Å². The van der Waals surface area contributed by atoms with Crippen molar-refractivity contribution in [2.75, 3.05) is 32.7 Å². The van der Waals surface area contributed by atoms with Crippen LogP contribution < -0.4 is 5.32 Å². The van der Waals surface area contributed by atoms with Gasteiger partial charge in [0.2, 0.25) is 5.91 Å². The number of nitrogens with zero attached hydrogens (tertiary/aromatic N) is 3. The van der Waals surface area contributed by atoms with Gasteiger partial charge in [-0.3, -0.25) is 4.79 Å². The molecule has 4 fully saturated rings. The van der Waals surface area contributed by atoms with Gasteiger partial charge in [-0.1, -0.05) is 0 Å². The number of fused-ring (bicyclic) bond motifs is 1. The molecule has 0 radical (unpaired) electrons. The Labute approximate surface area is 176 Å². The molecule has 30 heavy (non-hydrogen) atoms. The van der Waals surface area contributed by atoms with E-state index in [1.165, 1.54) is 4.90 Å². The van der Waals surface area contributed by atoms with Gasteiger partial charge in [0.05, 0.1) is 19.2 Å². The van der Waals surface area contributed by atoms with E-state index in [2.05, 4.69) is 10.2 Å². The van der Waals surface area contributed by atoms with Gasteiger partial charge in [-0.2, -0.15) is 5.26 Å². The summed E-state index contributed by atoms with van der Waals surface area (Å²) in [4.78, 5) is 15.9. The Hall–Kier alpha value is -1.35. The summed E-state index contributed by atoms with van der Waals surface area (Å²) < 4.78 is 30.8. The number of amides is 1. The summed E-state index contributed by atoms with van der Waals surface area (Å²) in [5, 5.41) is 22.9. The number of carbonyl (C=O) groups is 1. The van der Waals surface area contributed by atoms with E-state index in [9.17, 15) is 14.3 Å². The number of nitriles is 1. The van der Waals surface area contributed by atoms with Gasteiger partial charge < -0.3 is 34.4 Å². The number of piperidine rings is 1. The lowest BCUT2D eigenvalue weighted by Crippen LogP contribution is -2.49. The first-order valence-electron chi connectivity index (χ1n) is 10.7. The van der Waals surface area contributed by atoms with Gasteiger partial charge >= 0.3 is 0 Å². The Kier molecular flexibility index (Phi) is 6.30. The lowest BCUT2D eigenvalue weighted by Gasteiger charge is -2.34. The first kappa shape index (κ1) is 21.9. The van der Waals surface area contributed by atoms with Crippen molar-refractivity contribution in [3.8, 4) is 6.07 Å². The zero-order chi connectivity index (χ0) is 21.5. The first-order valence-corrected chi connectivity index (χ1v) is 10.7. The zero-order valence-electron chi connectivity index (χ0n) is 17.5. The van der Waals surface area contributed by atoms with Crippen LogP contribution in [0.4, 0.5) is 4.39 Å². The van der Waals surface area contributed by atoms with Crippen molar-refractivity contribution in [1.29, 1.82) is 5.26 Å². The third-order valence-corrected chi connectivity index (χ3v) is 6.40. The van der Waals surface area contributed by atoms with Crippen molar-refractivity contribution in [2.24, 2.45) is 0 Å². The molecule has 4 saturated heterocycles. The fourth-order valence-electron chi connectivity index (χ4n) is 4.80. The number of rotatable bonds is 5. The lowest BCUT2D eigenvalue weighted by atomic mass is 10.0. The van der Waals surface area contributed by atoms with Crippen molar-refractivity contribution in [3.05, 3.63) is 0 Å². The number of hydrogen-bond acceptors (Lipinski definition) is 8. The summed E-state index contributed by atoms with van der Waals surface area (Å²) in [6.45, 7) is 5.97. The third kappa shape index (κ3) is 4.61. The molecule has 4 rings (SSSR count). The second kappa shape index (κ2) is 8.65. The molecular formula is C20H31FN4O5. The van der Waals surface area contributed by atoms with Crippen molar-refractivity contribution < 1.29 is 28.5 Å². The number of alkyl halides is 1. The molecule has 4 aliphatic rings. The van der Waals surface area contributed by atoms with Gasteiger partial charge in [-0.05, 0) is 39.8 Å². The number of nitrogens with one attached hydrogen (secondary N) is 1. The fraction of sp³-hybridized carbons (Fsp3) is 0.900. The number of aliphatic hydroxyl groups excluding tert-OH is 1. The first-order chi connectivity index (χ1) is 14.3. The van der Waals surface area contributed by atoms with E-state index in [-0.39, 0.29) is 37.6 Å². The maximum atomic E-state index is 13.5. The van der Waals surface area contributed by atoms with Crippen LogP contribution in [-0.2, 0) is 19.0 Å². The molecule has 0 spiro atoms. The summed E-state index contributed by atoms with van der Waals surface area (Å²) in [7, 11) is 0. The fourth-order valence-corrected chi connectivity index (χ4v) is 4.80. The average Bonchev–Trinajstić information content (AvgIpc) is 3.32. The minimum absolute atomic E-state index is 0.00744. The molecule has 168 valence electrons. The van der Waals surface area contributed by atoms with E-state index in [0.717, 1.165) is 25.9 Å². The van der Waals surface area contributed by atoms with Crippen LogP contribution in [0.15, 0.2) is 0 Å².